The molecule has 4 fully saturated rings. The summed E-state index contributed by atoms with van der Waals surface area (Å²) in [6, 6.07) is 0. The maximum absolute atomic E-state index is 3.94. The molecular weight excluding hydrogens is 428 g/mol. The van der Waals surface area contributed by atoms with Crippen LogP contribution in [0.2, 0.25) is 0 Å². The van der Waals surface area contributed by atoms with Crippen LogP contribution in [0.5, 0.6) is 0 Å². The van der Waals surface area contributed by atoms with Gasteiger partial charge in [0, 0.05) is 9.74 Å². The summed E-state index contributed by atoms with van der Waals surface area (Å²) < 4.78 is 0.497. The lowest BCUT2D eigenvalue weighted by atomic mass is 9.28. The van der Waals surface area contributed by atoms with Gasteiger partial charge < -0.3 is 0 Å². The molecule has 13 heavy (non-hydrogen) atoms. The van der Waals surface area contributed by atoms with Gasteiger partial charge in [0.05, 0.1) is 0 Å². The first kappa shape index (κ1) is 10.1. The van der Waals surface area contributed by atoms with Gasteiger partial charge >= 0.3 is 0 Å². The Balaban J connectivity index is 1.98. The summed E-state index contributed by atoms with van der Waals surface area (Å²) in [7, 11) is 0. The van der Waals surface area contributed by atoms with Gasteiger partial charge in [-0.25, -0.2) is 0 Å². The van der Waals surface area contributed by atoms with Crippen molar-refractivity contribution in [3.63, 3.8) is 0 Å². The standard InChI is InChI=1S/C9H10Br4/c10-8-4-7(9(11,12)13)5(8)2-1-3-6(7)8/h5-6H,1-4H2. The van der Waals surface area contributed by atoms with E-state index in [1.807, 2.05) is 0 Å². The highest BCUT2D eigenvalue weighted by atomic mass is 80.0. The molecule has 0 radical (unpaired) electrons. The van der Waals surface area contributed by atoms with Crippen molar-refractivity contribution in [2.24, 2.45) is 17.3 Å². The van der Waals surface area contributed by atoms with Crippen LogP contribution in [-0.2, 0) is 0 Å². The number of halogens is 4. The summed E-state index contributed by atoms with van der Waals surface area (Å²) in [4.78, 5) is 0. The van der Waals surface area contributed by atoms with Crippen LogP contribution in [0.25, 0.3) is 0 Å². The molecule has 0 amide bonds. The van der Waals surface area contributed by atoms with Crippen LogP contribution >= 0.6 is 63.7 Å². The molecule has 4 bridgehead atoms. The molecule has 0 aliphatic heterocycles. The van der Waals surface area contributed by atoms with Gasteiger partial charge in [-0.15, -0.1) is 0 Å². The predicted molar refractivity (Wildman–Crippen MR) is 69.1 cm³/mol. The second kappa shape index (κ2) is 2.60. The van der Waals surface area contributed by atoms with E-state index in [0.717, 1.165) is 11.8 Å². The lowest BCUT2D eigenvalue weighted by Crippen LogP contribution is -2.84. The van der Waals surface area contributed by atoms with Gasteiger partial charge in [-0.2, -0.15) is 0 Å². The monoisotopic (exact) mass is 434 g/mol. The molecule has 0 heterocycles. The van der Waals surface area contributed by atoms with Crippen LogP contribution in [0.15, 0.2) is 0 Å². The lowest BCUT2D eigenvalue weighted by Gasteiger charge is -2.84. The van der Waals surface area contributed by atoms with E-state index < -0.39 is 0 Å². The van der Waals surface area contributed by atoms with Crippen LogP contribution in [0.4, 0.5) is 0 Å². The van der Waals surface area contributed by atoms with Crippen LogP contribution in [-0.4, -0.2) is 6.47 Å². The van der Waals surface area contributed by atoms with Gasteiger partial charge in [-0.3, -0.25) is 0 Å². The van der Waals surface area contributed by atoms with E-state index in [4.69, 9.17) is 0 Å². The number of hydrogen-bond acceptors (Lipinski definition) is 0. The normalized spacial score (nSPS) is 58.2. The van der Waals surface area contributed by atoms with Crippen molar-refractivity contribution in [2.75, 3.05) is 0 Å². The molecule has 74 valence electrons. The number of alkyl halides is 4. The third kappa shape index (κ3) is 0.898. The zero-order chi connectivity index (χ0) is 9.48. The maximum atomic E-state index is 3.94. The molecule has 4 rings (SSSR count). The molecule has 0 aromatic carbocycles. The Bertz CT molecular complexity index is 255. The predicted octanol–water partition coefficient (Wildman–Crippen LogP) is 4.78. The average molecular weight is 438 g/mol. The Morgan fingerprint density at radius 1 is 1.08 bits per heavy atom. The minimum atomic E-state index is -0.0225. The third-order valence-corrected chi connectivity index (χ3v) is 8.08. The van der Waals surface area contributed by atoms with E-state index in [9.17, 15) is 0 Å². The third-order valence-electron chi connectivity index (χ3n) is 4.48. The molecule has 0 N–H and O–H groups in total. The molecule has 0 aromatic rings. The zero-order valence-corrected chi connectivity index (χ0v) is 13.3. The fourth-order valence-electron chi connectivity index (χ4n) is 3.94. The van der Waals surface area contributed by atoms with Crippen molar-refractivity contribution in [3.8, 4) is 0 Å². The molecule has 0 saturated heterocycles. The van der Waals surface area contributed by atoms with Crippen LogP contribution in [0.3, 0.4) is 0 Å². The average Bonchev–Trinajstić information content (AvgIpc) is 1.99. The lowest BCUT2D eigenvalue weighted by molar-refractivity contribution is -0.246. The van der Waals surface area contributed by atoms with Crippen molar-refractivity contribution in [1.82, 2.24) is 0 Å². The van der Waals surface area contributed by atoms with Crippen LogP contribution in [0.1, 0.15) is 25.7 Å². The van der Waals surface area contributed by atoms with Crippen molar-refractivity contribution in [3.05, 3.63) is 0 Å². The van der Waals surface area contributed by atoms with E-state index in [1.54, 1.807) is 0 Å². The Labute approximate surface area is 112 Å². The summed E-state index contributed by atoms with van der Waals surface area (Å²) in [6.07, 6.45) is 5.53. The molecule has 4 heteroatoms. The minimum absolute atomic E-state index is 0.0225. The smallest absolute Gasteiger partial charge is 0.0847 e. The highest BCUT2D eigenvalue weighted by Gasteiger charge is 2.86. The Morgan fingerprint density at radius 3 is 1.92 bits per heavy atom. The summed E-state index contributed by atoms with van der Waals surface area (Å²) in [6.45, 7) is 0. The highest BCUT2D eigenvalue weighted by molar-refractivity contribution is 9.39. The Hall–Kier alpha value is 1.92. The minimum Gasteiger partial charge on any atom is -0.0847 e. The maximum Gasteiger partial charge on any atom is 0.141 e. The summed E-state index contributed by atoms with van der Waals surface area (Å²) in [5.74, 6) is 1.74. The zero-order valence-electron chi connectivity index (χ0n) is 6.99. The Kier molecular flexibility index (Phi) is 2.02. The van der Waals surface area contributed by atoms with Crippen molar-refractivity contribution < 1.29 is 0 Å². The van der Waals surface area contributed by atoms with E-state index in [0.29, 0.717) is 9.74 Å². The molecular formula is C9H10Br4. The van der Waals surface area contributed by atoms with Crippen molar-refractivity contribution in [2.45, 2.75) is 32.2 Å². The van der Waals surface area contributed by atoms with Crippen LogP contribution in [0, 0.1) is 17.3 Å². The van der Waals surface area contributed by atoms with Gasteiger partial charge in [0.25, 0.3) is 0 Å². The van der Waals surface area contributed by atoms with Crippen molar-refractivity contribution >= 4 is 63.7 Å². The van der Waals surface area contributed by atoms with Gasteiger partial charge in [0.2, 0.25) is 0 Å². The molecule has 0 spiro atoms. The van der Waals surface area contributed by atoms with E-state index in [-0.39, 0.29) is 2.14 Å². The van der Waals surface area contributed by atoms with Gasteiger partial charge in [0.1, 0.15) is 2.14 Å². The molecule has 0 nitrogen and oxygen atoms in total. The SMILES string of the molecule is BrC12CC3(C(Br)(Br)Br)C1CCCC23. The fourth-order valence-corrected chi connectivity index (χ4v) is 7.76. The first-order chi connectivity index (χ1) is 5.93. The summed E-state index contributed by atoms with van der Waals surface area (Å²) >= 11 is 15.2. The van der Waals surface area contributed by atoms with E-state index >= 15 is 0 Å². The first-order valence-electron chi connectivity index (χ1n) is 4.68. The fraction of sp³-hybridized carbons (Fsp3) is 1.00. The molecule has 4 aliphatic carbocycles. The second-order valence-electron chi connectivity index (χ2n) is 4.68. The number of hydrogen-bond donors (Lipinski definition) is 0. The molecule has 4 saturated carbocycles. The number of rotatable bonds is 0. The first-order valence-corrected chi connectivity index (χ1v) is 7.86. The summed E-state index contributed by atoms with van der Waals surface area (Å²) in [5, 5.41) is 0. The molecule has 2 atom stereocenters. The van der Waals surface area contributed by atoms with Crippen LogP contribution < -0.4 is 0 Å². The van der Waals surface area contributed by atoms with Gasteiger partial charge in [0.15, 0.2) is 0 Å². The quantitative estimate of drug-likeness (QED) is 0.479. The highest BCUT2D eigenvalue weighted by Crippen LogP contribution is 2.89. The van der Waals surface area contributed by atoms with E-state index in [2.05, 4.69) is 63.7 Å². The van der Waals surface area contributed by atoms with E-state index in [1.165, 1.54) is 25.7 Å². The second-order valence-corrected chi connectivity index (χ2v) is 12.9. The summed E-state index contributed by atoms with van der Waals surface area (Å²) in [5.41, 5.74) is 0.481. The Morgan fingerprint density at radius 2 is 1.62 bits per heavy atom. The molecule has 4 aliphatic rings. The molecule has 0 aromatic heterocycles. The van der Waals surface area contributed by atoms with Crippen molar-refractivity contribution in [1.29, 1.82) is 0 Å². The van der Waals surface area contributed by atoms with Gasteiger partial charge in [-0.05, 0) is 31.1 Å². The largest absolute Gasteiger partial charge is 0.141 e. The topological polar surface area (TPSA) is 0 Å². The van der Waals surface area contributed by atoms with Gasteiger partial charge in [-0.1, -0.05) is 70.1 Å². The molecule has 2 unspecified atom stereocenters.